The highest BCUT2D eigenvalue weighted by molar-refractivity contribution is 9.10. The molecule has 0 aliphatic carbocycles. The van der Waals surface area contributed by atoms with Gasteiger partial charge in [0.1, 0.15) is 0 Å². The molecule has 1 heterocycles. The summed E-state index contributed by atoms with van der Waals surface area (Å²) in [6.07, 6.45) is 4.88. The molecular weight excluding hydrogens is 356 g/mol. The van der Waals surface area contributed by atoms with Crippen molar-refractivity contribution in [1.82, 2.24) is 4.57 Å². The van der Waals surface area contributed by atoms with Gasteiger partial charge in [-0.05, 0) is 36.1 Å². The molecule has 0 aliphatic rings. The highest BCUT2D eigenvalue weighted by atomic mass is 79.9. The molecule has 0 radical (unpaired) electrons. The predicted octanol–water partition coefficient (Wildman–Crippen LogP) is 4.08. The van der Waals surface area contributed by atoms with Crippen molar-refractivity contribution in [2.24, 2.45) is 12.2 Å². The summed E-state index contributed by atoms with van der Waals surface area (Å²) in [6.45, 7) is 3.82. The highest BCUT2D eigenvalue weighted by Gasteiger charge is 2.16. The molecule has 1 unspecified atom stereocenters. The SMILES string of the molecule is C=CCC(C/C(=N\O)c1ccc(=O)n(C)c1)c1ccc(Br)cc1. The predicted molar refractivity (Wildman–Crippen MR) is 96.3 cm³/mol. The van der Waals surface area contributed by atoms with E-state index in [1.165, 1.54) is 10.6 Å². The summed E-state index contributed by atoms with van der Waals surface area (Å²) in [5, 5.41) is 12.9. The van der Waals surface area contributed by atoms with Crippen molar-refractivity contribution < 1.29 is 5.21 Å². The zero-order valence-corrected chi connectivity index (χ0v) is 14.5. The van der Waals surface area contributed by atoms with Gasteiger partial charge in [0, 0.05) is 35.8 Å². The Morgan fingerprint density at radius 3 is 2.61 bits per heavy atom. The number of hydrogen-bond acceptors (Lipinski definition) is 3. The third-order valence-corrected chi connectivity index (χ3v) is 4.30. The van der Waals surface area contributed by atoms with Gasteiger partial charge in [-0.3, -0.25) is 4.79 Å². The molecule has 1 N–H and O–H groups in total. The Morgan fingerprint density at radius 2 is 2.04 bits per heavy atom. The topological polar surface area (TPSA) is 54.6 Å². The summed E-state index contributed by atoms with van der Waals surface area (Å²) < 4.78 is 2.50. The van der Waals surface area contributed by atoms with Gasteiger partial charge < -0.3 is 9.77 Å². The Morgan fingerprint density at radius 1 is 1.35 bits per heavy atom. The molecule has 5 heteroatoms. The molecule has 0 bridgehead atoms. The van der Waals surface area contributed by atoms with Crippen molar-refractivity contribution in [2.45, 2.75) is 18.8 Å². The molecule has 0 saturated heterocycles. The van der Waals surface area contributed by atoms with E-state index in [-0.39, 0.29) is 11.5 Å². The van der Waals surface area contributed by atoms with Gasteiger partial charge in [0.15, 0.2) is 0 Å². The van der Waals surface area contributed by atoms with Crippen LogP contribution in [-0.4, -0.2) is 15.5 Å². The van der Waals surface area contributed by atoms with Gasteiger partial charge in [-0.1, -0.05) is 39.3 Å². The van der Waals surface area contributed by atoms with E-state index < -0.39 is 0 Å². The van der Waals surface area contributed by atoms with Crippen molar-refractivity contribution >= 4 is 21.6 Å². The monoisotopic (exact) mass is 374 g/mol. The maximum absolute atomic E-state index is 11.5. The van der Waals surface area contributed by atoms with Crippen LogP contribution >= 0.6 is 15.9 Å². The quantitative estimate of drug-likeness (QED) is 0.358. The lowest BCUT2D eigenvalue weighted by molar-refractivity contribution is 0.317. The van der Waals surface area contributed by atoms with E-state index >= 15 is 0 Å². The first-order valence-corrected chi connectivity index (χ1v) is 8.08. The number of nitrogens with zero attached hydrogens (tertiary/aromatic N) is 2. The first-order chi connectivity index (χ1) is 11.0. The zero-order chi connectivity index (χ0) is 16.8. The Labute approximate surface area is 143 Å². The molecule has 0 spiro atoms. The molecule has 0 fully saturated rings. The fourth-order valence-electron chi connectivity index (χ4n) is 2.49. The van der Waals surface area contributed by atoms with Crippen LogP contribution in [-0.2, 0) is 7.05 Å². The number of benzene rings is 1. The highest BCUT2D eigenvalue weighted by Crippen LogP contribution is 2.27. The third kappa shape index (κ3) is 4.42. The fraction of sp³-hybridized carbons (Fsp3) is 0.222. The number of aryl methyl sites for hydroxylation is 1. The first-order valence-electron chi connectivity index (χ1n) is 7.29. The van der Waals surface area contributed by atoms with Crippen molar-refractivity contribution in [3.63, 3.8) is 0 Å². The number of halogens is 1. The number of oxime groups is 1. The van der Waals surface area contributed by atoms with E-state index in [0.717, 1.165) is 22.0 Å². The molecule has 2 rings (SSSR count). The molecule has 23 heavy (non-hydrogen) atoms. The van der Waals surface area contributed by atoms with Crippen LogP contribution in [0.15, 0.2) is 69.7 Å². The molecule has 120 valence electrons. The van der Waals surface area contributed by atoms with E-state index in [0.29, 0.717) is 12.1 Å². The normalized spacial score (nSPS) is 12.9. The van der Waals surface area contributed by atoms with Gasteiger partial charge in [0.2, 0.25) is 5.56 Å². The van der Waals surface area contributed by atoms with E-state index in [1.807, 2.05) is 30.3 Å². The molecule has 1 atom stereocenters. The summed E-state index contributed by atoms with van der Waals surface area (Å²) in [7, 11) is 1.68. The maximum atomic E-state index is 11.5. The van der Waals surface area contributed by atoms with E-state index in [2.05, 4.69) is 27.7 Å². The first kappa shape index (κ1) is 17.2. The molecular formula is C18H19BrN2O2. The lowest BCUT2D eigenvalue weighted by atomic mass is 9.89. The number of aromatic nitrogens is 1. The van der Waals surface area contributed by atoms with Crippen molar-refractivity contribution in [3.05, 3.63) is 81.2 Å². The number of rotatable bonds is 6. The lowest BCUT2D eigenvalue weighted by Gasteiger charge is -2.17. The summed E-state index contributed by atoms with van der Waals surface area (Å²) in [5.41, 5.74) is 2.34. The van der Waals surface area contributed by atoms with E-state index in [1.54, 1.807) is 19.3 Å². The summed E-state index contributed by atoms with van der Waals surface area (Å²) in [4.78, 5) is 11.5. The smallest absolute Gasteiger partial charge is 0.250 e. The summed E-state index contributed by atoms with van der Waals surface area (Å²) in [5.74, 6) is 0.156. The van der Waals surface area contributed by atoms with Crippen LogP contribution in [0.25, 0.3) is 0 Å². The van der Waals surface area contributed by atoms with Gasteiger partial charge in [-0.15, -0.1) is 6.58 Å². The largest absolute Gasteiger partial charge is 0.411 e. The van der Waals surface area contributed by atoms with Crippen molar-refractivity contribution in [3.8, 4) is 0 Å². The minimum absolute atomic E-state index is 0.0957. The lowest BCUT2D eigenvalue weighted by Crippen LogP contribution is -2.17. The fourth-order valence-corrected chi connectivity index (χ4v) is 2.75. The van der Waals surface area contributed by atoms with Crippen LogP contribution < -0.4 is 5.56 Å². The second kappa shape index (κ2) is 7.92. The number of pyridine rings is 1. The van der Waals surface area contributed by atoms with Crippen LogP contribution in [0.2, 0.25) is 0 Å². The van der Waals surface area contributed by atoms with Crippen LogP contribution in [0.5, 0.6) is 0 Å². The second-order valence-electron chi connectivity index (χ2n) is 5.39. The molecule has 1 aromatic carbocycles. The average Bonchev–Trinajstić information content (AvgIpc) is 2.55. The van der Waals surface area contributed by atoms with Crippen LogP contribution in [0.4, 0.5) is 0 Å². The zero-order valence-electron chi connectivity index (χ0n) is 12.9. The van der Waals surface area contributed by atoms with Gasteiger partial charge in [0.05, 0.1) is 5.71 Å². The van der Waals surface area contributed by atoms with Crippen LogP contribution in [0, 0.1) is 0 Å². The molecule has 2 aromatic rings. The Balaban J connectivity index is 2.29. The number of allylic oxidation sites excluding steroid dienone is 1. The number of hydrogen-bond donors (Lipinski definition) is 1. The van der Waals surface area contributed by atoms with Gasteiger partial charge in [-0.2, -0.15) is 0 Å². The summed E-state index contributed by atoms with van der Waals surface area (Å²) in [6, 6.07) is 11.2. The Bertz CT molecular complexity index is 763. The minimum atomic E-state index is -0.0957. The molecule has 0 aliphatic heterocycles. The molecule has 0 amide bonds. The average molecular weight is 375 g/mol. The minimum Gasteiger partial charge on any atom is -0.411 e. The standard InChI is InChI=1S/C18H19BrN2O2/c1-3-4-14(13-5-8-16(19)9-6-13)11-17(20-23)15-7-10-18(22)21(2)12-15/h3,5-10,12,14,23H,1,4,11H2,2H3/b20-17+. The third-order valence-electron chi connectivity index (χ3n) is 3.77. The maximum Gasteiger partial charge on any atom is 0.250 e. The van der Waals surface area contributed by atoms with Gasteiger partial charge >= 0.3 is 0 Å². The van der Waals surface area contributed by atoms with E-state index in [4.69, 9.17) is 0 Å². The molecule has 0 saturated carbocycles. The van der Waals surface area contributed by atoms with E-state index in [9.17, 15) is 10.0 Å². The molecule has 1 aromatic heterocycles. The Hall–Kier alpha value is -2.14. The molecule has 4 nitrogen and oxygen atoms in total. The van der Waals surface area contributed by atoms with Crippen LogP contribution in [0.1, 0.15) is 29.9 Å². The van der Waals surface area contributed by atoms with Crippen molar-refractivity contribution in [2.75, 3.05) is 0 Å². The Kier molecular flexibility index (Phi) is 5.93. The van der Waals surface area contributed by atoms with Gasteiger partial charge in [0.25, 0.3) is 0 Å². The van der Waals surface area contributed by atoms with Crippen molar-refractivity contribution in [1.29, 1.82) is 0 Å². The van der Waals surface area contributed by atoms with Gasteiger partial charge in [-0.25, -0.2) is 0 Å². The second-order valence-corrected chi connectivity index (χ2v) is 6.31. The summed E-state index contributed by atoms with van der Waals surface area (Å²) >= 11 is 3.43. The van der Waals surface area contributed by atoms with Crippen LogP contribution in [0.3, 0.4) is 0 Å².